The number of aromatic nitrogens is 1. The van der Waals surface area contributed by atoms with Crippen LogP contribution in [-0.4, -0.2) is 4.57 Å². The van der Waals surface area contributed by atoms with Crippen LogP contribution in [0.5, 0.6) is 0 Å². The summed E-state index contributed by atoms with van der Waals surface area (Å²) in [5.74, 6) is -0.386. The van der Waals surface area contributed by atoms with Crippen LogP contribution in [0.15, 0.2) is 27.4 Å². The molecule has 0 aliphatic carbocycles. The molecule has 0 saturated carbocycles. The molecule has 1 unspecified atom stereocenters. The molecule has 0 fully saturated rings. The second kappa shape index (κ2) is 4.44. The van der Waals surface area contributed by atoms with Crippen LogP contribution in [0, 0.1) is 11.3 Å². The van der Waals surface area contributed by atoms with Crippen LogP contribution in [0.4, 0.5) is 0 Å². The van der Waals surface area contributed by atoms with E-state index in [9.17, 15) is 4.79 Å². The van der Waals surface area contributed by atoms with Crippen molar-refractivity contribution < 1.29 is 4.42 Å². The molecule has 1 atom stereocenters. The topological polar surface area (TPSA) is 84.9 Å². The fourth-order valence-corrected chi connectivity index (χ4v) is 1.77. The van der Waals surface area contributed by atoms with Gasteiger partial charge in [-0.1, -0.05) is 6.07 Å². The Morgan fingerprint density at radius 2 is 2.35 bits per heavy atom. The Morgan fingerprint density at radius 1 is 1.59 bits per heavy atom. The second-order valence-corrected chi connectivity index (χ2v) is 3.96. The zero-order valence-corrected chi connectivity index (χ0v) is 9.51. The highest BCUT2D eigenvalue weighted by Gasteiger charge is 2.10. The Morgan fingerprint density at radius 3 is 3.06 bits per heavy atom. The van der Waals surface area contributed by atoms with Gasteiger partial charge >= 0.3 is 5.76 Å². The molecular formula is C12H13N3O2. The molecule has 0 aliphatic rings. The van der Waals surface area contributed by atoms with E-state index in [4.69, 9.17) is 15.4 Å². The van der Waals surface area contributed by atoms with E-state index in [-0.39, 0.29) is 11.8 Å². The second-order valence-electron chi connectivity index (χ2n) is 3.96. The van der Waals surface area contributed by atoms with Crippen molar-refractivity contribution in [1.82, 2.24) is 4.57 Å². The number of oxazole rings is 1. The minimum Gasteiger partial charge on any atom is -0.408 e. The predicted molar refractivity (Wildman–Crippen MR) is 63.2 cm³/mol. The summed E-state index contributed by atoms with van der Waals surface area (Å²) in [6.45, 7) is 0. The Bertz CT molecular complexity index is 633. The highest BCUT2D eigenvalue weighted by molar-refractivity contribution is 5.73. The molecule has 2 aromatic rings. The summed E-state index contributed by atoms with van der Waals surface area (Å²) >= 11 is 0. The van der Waals surface area contributed by atoms with Crippen molar-refractivity contribution in [3.63, 3.8) is 0 Å². The van der Waals surface area contributed by atoms with Crippen molar-refractivity contribution in [3.8, 4) is 6.07 Å². The number of nitriles is 1. The van der Waals surface area contributed by atoms with Gasteiger partial charge in [-0.2, -0.15) is 5.26 Å². The lowest BCUT2D eigenvalue weighted by molar-refractivity contribution is 0.527. The standard InChI is InChI=1S/C12H13N3O2/c1-15-10-5-4-8(9(14)3-2-6-13)7-11(10)17-12(15)16/h4-5,7,9H,2-3,14H2,1H3. The molecule has 0 aliphatic heterocycles. The molecule has 0 spiro atoms. The summed E-state index contributed by atoms with van der Waals surface area (Å²) in [5.41, 5.74) is 8.09. The molecule has 0 radical (unpaired) electrons. The van der Waals surface area contributed by atoms with Crippen molar-refractivity contribution in [2.24, 2.45) is 12.8 Å². The van der Waals surface area contributed by atoms with Crippen molar-refractivity contribution in [3.05, 3.63) is 34.3 Å². The van der Waals surface area contributed by atoms with Gasteiger partial charge in [0, 0.05) is 19.5 Å². The number of nitrogens with zero attached hydrogens (tertiary/aromatic N) is 2. The minimum atomic E-state index is -0.386. The molecule has 1 heterocycles. The smallest absolute Gasteiger partial charge is 0.408 e. The maximum absolute atomic E-state index is 11.3. The lowest BCUT2D eigenvalue weighted by Gasteiger charge is -2.09. The number of fused-ring (bicyclic) bond motifs is 1. The zero-order valence-electron chi connectivity index (χ0n) is 9.51. The van der Waals surface area contributed by atoms with Crippen molar-refractivity contribution >= 4 is 11.1 Å². The van der Waals surface area contributed by atoms with Crippen LogP contribution < -0.4 is 11.5 Å². The number of benzene rings is 1. The lowest BCUT2D eigenvalue weighted by atomic mass is 10.0. The average molecular weight is 231 g/mol. The normalized spacial score (nSPS) is 12.5. The minimum absolute atomic E-state index is 0.204. The van der Waals surface area contributed by atoms with E-state index in [1.165, 1.54) is 4.57 Å². The van der Waals surface area contributed by atoms with E-state index in [1.54, 1.807) is 13.1 Å². The molecule has 0 bridgehead atoms. The number of rotatable bonds is 3. The first-order valence-corrected chi connectivity index (χ1v) is 5.35. The predicted octanol–water partition coefficient (Wildman–Crippen LogP) is 1.44. The van der Waals surface area contributed by atoms with Crippen LogP contribution in [0.2, 0.25) is 0 Å². The van der Waals surface area contributed by atoms with Crippen molar-refractivity contribution in [1.29, 1.82) is 5.26 Å². The first-order chi connectivity index (χ1) is 8.13. The quantitative estimate of drug-likeness (QED) is 0.866. The van der Waals surface area contributed by atoms with Crippen LogP contribution in [0.1, 0.15) is 24.4 Å². The summed E-state index contributed by atoms with van der Waals surface area (Å²) < 4.78 is 6.53. The van der Waals surface area contributed by atoms with Crippen LogP contribution in [0.3, 0.4) is 0 Å². The number of nitrogens with two attached hydrogens (primary N) is 1. The molecule has 5 nitrogen and oxygen atoms in total. The maximum Gasteiger partial charge on any atom is 0.419 e. The first kappa shape index (κ1) is 11.4. The molecule has 88 valence electrons. The molecular weight excluding hydrogens is 218 g/mol. The fourth-order valence-electron chi connectivity index (χ4n) is 1.77. The van der Waals surface area contributed by atoms with E-state index < -0.39 is 0 Å². The largest absolute Gasteiger partial charge is 0.419 e. The zero-order chi connectivity index (χ0) is 12.4. The van der Waals surface area contributed by atoms with E-state index in [0.29, 0.717) is 18.4 Å². The van der Waals surface area contributed by atoms with Gasteiger partial charge in [-0.3, -0.25) is 4.57 Å². The summed E-state index contributed by atoms with van der Waals surface area (Å²) in [6, 6.07) is 7.29. The van der Waals surface area contributed by atoms with E-state index in [0.717, 1.165) is 11.1 Å². The molecule has 2 rings (SSSR count). The summed E-state index contributed by atoms with van der Waals surface area (Å²) in [4.78, 5) is 11.3. The third-order valence-corrected chi connectivity index (χ3v) is 2.81. The van der Waals surface area contributed by atoms with Gasteiger partial charge in [0.2, 0.25) is 0 Å². The van der Waals surface area contributed by atoms with E-state index >= 15 is 0 Å². The van der Waals surface area contributed by atoms with Crippen LogP contribution >= 0.6 is 0 Å². The molecule has 1 aromatic carbocycles. The summed E-state index contributed by atoms with van der Waals surface area (Å²) in [7, 11) is 1.66. The maximum atomic E-state index is 11.3. The van der Waals surface area contributed by atoms with Crippen molar-refractivity contribution in [2.45, 2.75) is 18.9 Å². The SMILES string of the molecule is Cn1c(=O)oc2cc(C(N)CCC#N)ccc21. The highest BCUT2D eigenvalue weighted by Crippen LogP contribution is 2.20. The molecule has 0 saturated heterocycles. The Balaban J connectivity index is 2.38. The van der Waals surface area contributed by atoms with Crippen molar-refractivity contribution in [2.75, 3.05) is 0 Å². The molecule has 5 heteroatoms. The molecule has 17 heavy (non-hydrogen) atoms. The van der Waals surface area contributed by atoms with Gasteiger partial charge in [-0.15, -0.1) is 0 Å². The van der Waals surface area contributed by atoms with E-state index in [2.05, 4.69) is 6.07 Å². The summed E-state index contributed by atoms with van der Waals surface area (Å²) in [6.07, 6.45) is 1.01. The average Bonchev–Trinajstić information content (AvgIpc) is 2.61. The Kier molecular flexibility index (Phi) is 2.98. The fraction of sp³-hybridized carbons (Fsp3) is 0.333. The third-order valence-electron chi connectivity index (χ3n) is 2.81. The van der Waals surface area contributed by atoms with Gasteiger partial charge in [0.25, 0.3) is 0 Å². The van der Waals surface area contributed by atoms with Crippen LogP contribution in [-0.2, 0) is 7.05 Å². The number of hydrogen-bond acceptors (Lipinski definition) is 4. The lowest BCUT2D eigenvalue weighted by Crippen LogP contribution is -2.10. The van der Waals surface area contributed by atoms with Gasteiger partial charge in [0.1, 0.15) is 0 Å². The van der Waals surface area contributed by atoms with Gasteiger partial charge in [-0.05, 0) is 24.1 Å². The van der Waals surface area contributed by atoms with Gasteiger partial charge in [0.15, 0.2) is 5.58 Å². The summed E-state index contributed by atoms with van der Waals surface area (Å²) in [5, 5.41) is 8.50. The third kappa shape index (κ3) is 2.08. The molecule has 0 amide bonds. The Hall–Kier alpha value is -2.06. The molecule has 1 aromatic heterocycles. The number of aryl methyl sites for hydroxylation is 1. The monoisotopic (exact) mass is 231 g/mol. The van der Waals surface area contributed by atoms with Gasteiger partial charge in [0.05, 0.1) is 11.6 Å². The van der Waals surface area contributed by atoms with Gasteiger partial charge in [-0.25, -0.2) is 4.79 Å². The number of hydrogen-bond donors (Lipinski definition) is 1. The molecule has 2 N–H and O–H groups in total. The Labute approximate surface area is 98.1 Å². The van der Waals surface area contributed by atoms with Gasteiger partial charge < -0.3 is 10.2 Å². The van der Waals surface area contributed by atoms with E-state index in [1.807, 2.05) is 12.1 Å². The van der Waals surface area contributed by atoms with Crippen LogP contribution in [0.25, 0.3) is 11.1 Å². The highest BCUT2D eigenvalue weighted by atomic mass is 16.4. The first-order valence-electron chi connectivity index (χ1n) is 5.35.